The van der Waals surface area contributed by atoms with Crippen LogP contribution in [0.1, 0.15) is 13.3 Å². The zero-order valence-electron chi connectivity index (χ0n) is 10.3. The number of para-hydroxylation sites is 1. The summed E-state index contributed by atoms with van der Waals surface area (Å²) in [6.45, 7) is 3.17. The molecule has 4 nitrogen and oxygen atoms in total. The number of aliphatic carboxylic acids is 1. The lowest BCUT2D eigenvalue weighted by Gasteiger charge is -2.40. The molecular weight excluding hydrogens is 235 g/mol. The lowest BCUT2D eigenvalue weighted by Crippen LogP contribution is -2.56. The van der Waals surface area contributed by atoms with Gasteiger partial charge in [0.25, 0.3) is 0 Å². The van der Waals surface area contributed by atoms with Crippen molar-refractivity contribution in [2.75, 3.05) is 18.0 Å². The molecule has 2 rings (SSSR count). The van der Waals surface area contributed by atoms with Crippen LogP contribution in [0.4, 0.5) is 10.1 Å². The van der Waals surface area contributed by atoms with Crippen LogP contribution in [0, 0.1) is 5.82 Å². The number of hydrogen-bond donors (Lipinski definition) is 2. The third-order valence-electron chi connectivity index (χ3n) is 3.19. The van der Waals surface area contributed by atoms with Crippen molar-refractivity contribution in [3.05, 3.63) is 30.1 Å². The average Bonchev–Trinajstić information content (AvgIpc) is 2.32. The van der Waals surface area contributed by atoms with Crippen molar-refractivity contribution in [1.82, 2.24) is 5.32 Å². The number of nitrogens with one attached hydrogen (secondary N) is 1. The molecule has 1 aromatic carbocycles. The van der Waals surface area contributed by atoms with Crippen LogP contribution in [0.5, 0.6) is 0 Å². The van der Waals surface area contributed by atoms with Crippen LogP contribution in [0.3, 0.4) is 0 Å². The van der Waals surface area contributed by atoms with E-state index >= 15 is 0 Å². The van der Waals surface area contributed by atoms with Gasteiger partial charge in [0, 0.05) is 19.1 Å². The fourth-order valence-corrected chi connectivity index (χ4v) is 2.32. The molecule has 2 N–H and O–H groups in total. The number of carboxylic acids is 1. The molecule has 2 atom stereocenters. The Hall–Kier alpha value is -1.62. The Morgan fingerprint density at radius 1 is 1.56 bits per heavy atom. The Bertz CT molecular complexity index is 439. The van der Waals surface area contributed by atoms with E-state index in [0.717, 1.165) is 0 Å². The number of nitrogens with zero attached hydrogens (tertiary/aromatic N) is 1. The Morgan fingerprint density at radius 3 is 2.94 bits per heavy atom. The number of carboxylic acid groups (broad SMARTS) is 1. The van der Waals surface area contributed by atoms with Crippen molar-refractivity contribution in [3.8, 4) is 0 Å². The lowest BCUT2D eigenvalue weighted by atomic mass is 10.1. The van der Waals surface area contributed by atoms with Gasteiger partial charge in [0.15, 0.2) is 0 Å². The van der Waals surface area contributed by atoms with Gasteiger partial charge in [-0.05, 0) is 19.1 Å². The molecule has 0 aliphatic carbocycles. The van der Waals surface area contributed by atoms with Gasteiger partial charge in [-0.15, -0.1) is 0 Å². The average molecular weight is 252 g/mol. The minimum Gasteiger partial charge on any atom is -0.481 e. The van der Waals surface area contributed by atoms with Gasteiger partial charge in [0.1, 0.15) is 5.82 Å². The predicted molar refractivity (Wildman–Crippen MR) is 67.3 cm³/mol. The van der Waals surface area contributed by atoms with Crippen LogP contribution < -0.4 is 10.2 Å². The molecule has 98 valence electrons. The summed E-state index contributed by atoms with van der Waals surface area (Å²) < 4.78 is 13.8. The molecule has 0 bridgehead atoms. The highest BCUT2D eigenvalue weighted by molar-refractivity contribution is 5.69. The van der Waals surface area contributed by atoms with E-state index in [4.69, 9.17) is 5.11 Å². The second kappa shape index (κ2) is 5.35. The molecule has 1 aliphatic rings. The maximum atomic E-state index is 13.8. The molecule has 0 spiro atoms. The van der Waals surface area contributed by atoms with Crippen molar-refractivity contribution in [2.24, 2.45) is 0 Å². The number of hydrogen-bond acceptors (Lipinski definition) is 3. The normalized spacial score (nSPS) is 24.0. The van der Waals surface area contributed by atoms with Gasteiger partial charge in [-0.1, -0.05) is 12.1 Å². The van der Waals surface area contributed by atoms with Crippen LogP contribution in [-0.4, -0.2) is 36.2 Å². The third kappa shape index (κ3) is 2.79. The Morgan fingerprint density at radius 2 is 2.28 bits per heavy atom. The summed E-state index contributed by atoms with van der Waals surface area (Å²) in [4.78, 5) is 12.7. The fraction of sp³-hybridized carbons (Fsp3) is 0.462. The first-order valence-corrected chi connectivity index (χ1v) is 6.04. The fourth-order valence-electron chi connectivity index (χ4n) is 2.32. The molecule has 5 heteroatoms. The highest BCUT2D eigenvalue weighted by atomic mass is 19.1. The number of halogens is 1. The molecule has 1 heterocycles. The first-order valence-electron chi connectivity index (χ1n) is 6.04. The van der Waals surface area contributed by atoms with Crippen molar-refractivity contribution in [1.29, 1.82) is 0 Å². The van der Waals surface area contributed by atoms with Crippen LogP contribution >= 0.6 is 0 Å². The minimum atomic E-state index is -0.863. The Balaban J connectivity index is 2.25. The van der Waals surface area contributed by atoms with E-state index in [0.29, 0.717) is 18.8 Å². The maximum absolute atomic E-state index is 13.8. The van der Waals surface area contributed by atoms with E-state index in [2.05, 4.69) is 5.32 Å². The van der Waals surface area contributed by atoms with E-state index in [9.17, 15) is 9.18 Å². The van der Waals surface area contributed by atoms with Crippen LogP contribution in [0.2, 0.25) is 0 Å². The Kier molecular flexibility index (Phi) is 3.81. The molecule has 1 aromatic rings. The third-order valence-corrected chi connectivity index (χ3v) is 3.19. The van der Waals surface area contributed by atoms with Gasteiger partial charge in [0.2, 0.25) is 0 Å². The zero-order chi connectivity index (χ0) is 13.1. The molecule has 1 saturated heterocycles. The first-order chi connectivity index (χ1) is 8.58. The van der Waals surface area contributed by atoms with Crippen molar-refractivity contribution < 1.29 is 14.3 Å². The zero-order valence-corrected chi connectivity index (χ0v) is 10.3. The topological polar surface area (TPSA) is 52.6 Å². The second-order valence-electron chi connectivity index (χ2n) is 4.66. The quantitative estimate of drug-likeness (QED) is 0.855. The molecule has 0 radical (unpaired) electrons. The van der Waals surface area contributed by atoms with Crippen molar-refractivity contribution in [2.45, 2.75) is 25.4 Å². The highest BCUT2D eigenvalue weighted by Crippen LogP contribution is 2.24. The SMILES string of the molecule is CC1CN(c2ccccc2F)C(CC(=O)O)CN1. The van der Waals surface area contributed by atoms with E-state index in [1.54, 1.807) is 18.2 Å². The molecule has 18 heavy (non-hydrogen) atoms. The van der Waals surface area contributed by atoms with Gasteiger partial charge in [-0.3, -0.25) is 4.79 Å². The molecular formula is C13H17FN2O2. The van der Waals surface area contributed by atoms with E-state index in [1.165, 1.54) is 6.07 Å². The molecule has 0 amide bonds. The maximum Gasteiger partial charge on any atom is 0.305 e. The summed E-state index contributed by atoms with van der Waals surface area (Å²) in [5.41, 5.74) is 0.483. The van der Waals surface area contributed by atoms with E-state index < -0.39 is 5.97 Å². The molecule has 0 aromatic heterocycles. The number of piperazine rings is 1. The lowest BCUT2D eigenvalue weighted by molar-refractivity contribution is -0.137. The summed E-state index contributed by atoms with van der Waals surface area (Å²) in [7, 11) is 0. The largest absolute Gasteiger partial charge is 0.481 e. The van der Waals surface area contributed by atoms with Gasteiger partial charge >= 0.3 is 5.97 Å². The highest BCUT2D eigenvalue weighted by Gasteiger charge is 2.29. The van der Waals surface area contributed by atoms with E-state index in [1.807, 2.05) is 11.8 Å². The molecule has 0 saturated carbocycles. The smallest absolute Gasteiger partial charge is 0.305 e. The van der Waals surface area contributed by atoms with Gasteiger partial charge in [-0.2, -0.15) is 0 Å². The van der Waals surface area contributed by atoms with Crippen molar-refractivity contribution >= 4 is 11.7 Å². The summed E-state index contributed by atoms with van der Waals surface area (Å²) in [6.07, 6.45) is 0.00799. The first kappa shape index (κ1) is 12.8. The molecule has 2 unspecified atom stereocenters. The number of benzene rings is 1. The van der Waals surface area contributed by atoms with E-state index in [-0.39, 0.29) is 24.3 Å². The number of anilines is 1. The molecule has 1 fully saturated rings. The van der Waals surface area contributed by atoms with Crippen LogP contribution in [0.25, 0.3) is 0 Å². The van der Waals surface area contributed by atoms with Gasteiger partial charge in [-0.25, -0.2) is 4.39 Å². The minimum absolute atomic E-state index is 0.00799. The number of carbonyl (C=O) groups is 1. The van der Waals surface area contributed by atoms with Crippen LogP contribution in [0.15, 0.2) is 24.3 Å². The Labute approximate surface area is 105 Å². The standard InChI is InChI=1S/C13H17FN2O2/c1-9-8-16(10(7-15-9)6-13(17)18)12-5-3-2-4-11(12)14/h2-5,9-10,15H,6-8H2,1H3,(H,17,18). The summed E-state index contributed by atoms with van der Waals surface area (Å²) in [5, 5.41) is 12.1. The second-order valence-corrected chi connectivity index (χ2v) is 4.66. The monoisotopic (exact) mass is 252 g/mol. The summed E-state index contributed by atoms with van der Waals surface area (Å²) >= 11 is 0. The molecule has 1 aliphatic heterocycles. The van der Waals surface area contributed by atoms with Gasteiger partial charge < -0.3 is 15.3 Å². The van der Waals surface area contributed by atoms with Crippen LogP contribution in [-0.2, 0) is 4.79 Å². The predicted octanol–water partition coefficient (Wildman–Crippen LogP) is 1.47. The summed E-state index contributed by atoms with van der Waals surface area (Å²) in [6, 6.07) is 6.51. The number of rotatable bonds is 3. The van der Waals surface area contributed by atoms with Gasteiger partial charge in [0.05, 0.1) is 18.2 Å². The summed E-state index contributed by atoms with van der Waals surface area (Å²) in [5.74, 6) is -1.17. The van der Waals surface area contributed by atoms with Crippen molar-refractivity contribution in [3.63, 3.8) is 0 Å².